The lowest BCUT2D eigenvalue weighted by Gasteiger charge is -2.05. The first-order chi connectivity index (χ1) is 19.5. The molecule has 0 aliphatic heterocycles. The van der Waals surface area contributed by atoms with Crippen LogP contribution in [0, 0.1) is 7.14 Å². The average molecular weight is 797 g/mol. The minimum Gasteiger partial charge on any atom is -0.506 e. The van der Waals surface area contributed by atoms with Crippen molar-refractivity contribution in [3.63, 3.8) is 0 Å². The summed E-state index contributed by atoms with van der Waals surface area (Å²) in [5.41, 5.74) is 5.70. The second-order valence-electron chi connectivity index (χ2n) is 10.3. The number of unbranched alkanes of at least 4 members (excludes halogenated alkanes) is 9. The van der Waals surface area contributed by atoms with Crippen LogP contribution in [0.25, 0.3) is 10.2 Å². The molecule has 4 rings (SSSR count). The number of halogens is 2. The first-order valence-electron chi connectivity index (χ1n) is 14.3. The van der Waals surface area contributed by atoms with Gasteiger partial charge < -0.3 is 5.11 Å². The van der Waals surface area contributed by atoms with E-state index in [0.29, 0.717) is 5.75 Å². The molecule has 0 bridgehead atoms. The monoisotopic (exact) mass is 796 g/mol. The summed E-state index contributed by atoms with van der Waals surface area (Å²) < 4.78 is 3.90. The van der Waals surface area contributed by atoms with Gasteiger partial charge in [-0.05, 0) is 105 Å². The van der Waals surface area contributed by atoms with Crippen molar-refractivity contribution in [3.8, 4) is 5.75 Å². The van der Waals surface area contributed by atoms with Crippen molar-refractivity contribution in [2.75, 3.05) is 0 Å². The number of phenols is 1. The predicted octanol–water partition coefficient (Wildman–Crippen LogP) is 11.7. The molecule has 212 valence electrons. The van der Waals surface area contributed by atoms with E-state index in [1.54, 1.807) is 23.1 Å². The highest BCUT2D eigenvalue weighted by Gasteiger charge is 2.07. The number of aliphatic imine (C=N–C) groups is 1. The molecule has 3 nitrogen and oxygen atoms in total. The molecule has 1 N–H and O–H groups in total. The Morgan fingerprint density at radius 1 is 0.825 bits per heavy atom. The number of hydrogen-bond donors (Lipinski definition) is 1. The van der Waals surface area contributed by atoms with E-state index in [2.05, 4.69) is 93.5 Å². The average Bonchev–Trinajstić information content (AvgIpc) is 3.37. The van der Waals surface area contributed by atoms with Gasteiger partial charge in [0, 0.05) is 12.0 Å². The van der Waals surface area contributed by atoms with Gasteiger partial charge in [-0.3, -0.25) is 4.99 Å². The molecule has 0 unspecified atom stereocenters. The summed E-state index contributed by atoms with van der Waals surface area (Å²) in [6.07, 6.45) is 16.9. The number of benzene rings is 3. The molecule has 0 saturated carbocycles. The molecule has 3 aromatic carbocycles. The lowest BCUT2D eigenvalue weighted by atomic mass is 10.0. The fourth-order valence-corrected chi connectivity index (χ4v) is 8.48. The van der Waals surface area contributed by atoms with Crippen molar-refractivity contribution in [2.24, 2.45) is 4.99 Å². The van der Waals surface area contributed by atoms with E-state index in [1.165, 1.54) is 81.8 Å². The highest BCUT2D eigenvalue weighted by molar-refractivity contribution is 14.1. The lowest BCUT2D eigenvalue weighted by molar-refractivity contribution is 0.467. The van der Waals surface area contributed by atoms with Gasteiger partial charge in [0.25, 0.3) is 0 Å². The van der Waals surface area contributed by atoms with Gasteiger partial charge in [0.2, 0.25) is 0 Å². The second-order valence-corrected chi connectivity index (χ2v) is 14.8. The van der Waals surface area contributed by atoms with E-state index in [1.807, 2.05) is 24.4 Å². The highest BCUT2D eigenvalue weighted by atomic mass is 127. The Bertz CT molecular complexity index is 1360. The summed E-state index contributed by atoms with van der Waals surface area (Å²) in [6, 6.07) is 19.2. The van der Waals surface area contributed by atoms with E-state index in [4.69, 9.17) is 4.98 Å². The zero-order valence-corrected chi connectivity index (χ0v) is 29.1. The van der Waals surface area contributed by atoms with Crippen molar-refractivity contribution in [1.82, 2.24) is 4.98 Å². The number of hydrogen-bond acceptors (Lipinski definition) is 5. The summed E-state index contributed by atoms with van der Waals surface area (Å²) in [5, 5.41) is 9.98. The Morgan fingerprint density at radius 3 is 2.12 bits per heavy atom. The van der Waals surface area contributed by atoms with Crippen LogP contribution in [0.1, 0.15) is 87.8 Å². The zero-order valence-electron chi connectivity index (χ0n) is 23.2. The van der Waals surface area contributed by atoms with Crippen molar-refractivity contribution < 1.29 is 5.11 Å². The van der Waals surface area contributed by atoms with Crippen LogP contribution >= 0.6 is 68.3 Å². The molecule has 0 saturated heterocycles. The number of aromatic nitrogens is 1. The number of fused-ring (bicyclic) bond motifs is 1. The zero-order chi connectivity index (χ0) is 28.2. The number of aromatic hydroxyl groups is 1. The van der Waals surface area contributed by atoms with Crippen LogP contribution in [0.2, 0.25) is 0 Å². The number of aryl methyl sites for hydroxylation is 1. The van der Waals surface area contributed by atoms with Gasteiger partial charge in [0.1, 0.15) is 5.75 Å². The van der Waals surface area contributed by atoms with Crippen molar-refractivity contribution in [2.45, 2.75) is 87.6 Å². The van der Waals surface area contributed by atoms with E-state index in [0.717, 1.165) is 38.7 Å². The molecule has 0 aliphatic rings. The number of thioether (sulfide) groups is 1. The summed E-state index contributed by atoms with van der Waals surface area (Å²) in [6.45, 7) is 2.28. The largest absolute Gasteiger partial charge is 0.506 e. The molecule has 0 amide bonds. The second kappa shape index (κ2) is 17.1. The van der Waals surface area contributed by atoms with Crippen molar-refractivity contribution in [3.05, 3.63) is 78.4 Å². The summed E-state index contributed by atoms with van der Waals surface area (Å²) in [5.74, 6) is 1.26. The quantitative estimate of drug-likeness (QED) is 0.0532. The van der Waals surface area contributed by atoms with Gasteiger partial charge in [-0.15, -0.1) is 11.3 Å². The maximum absolute atomic E-state index is 9.98. The SMILES string of the molecule is CCCCCCCCCCCCc1ccc(CSc2nc3ccc(N=Cc4cc(I)c(O)c(I)c4)cc3s2)cc1. The fourth-order valence-electron chi connectivity index (χ4n) is 4.61. The van der Waals surface area contributed by atoms with Gasteiger partial charge in [-0.25, -0.2) is 4.98 Å². The maximum Gasteiger partial charge on any atom is 0.151 e. The molecule has 40 heavy (non-hydrogen) atoms. The highest BCUT2D eigenvalue weighted by Crippen LogP contribution is 2.34. The van der Waals surface area contributed by atoms with Crippen LogP contribution < -0.4 is 0 Å². The topological polar surface area (TPSA) is 45.5 Å². The smallest absolute Gasteiger partial charge is 0.151 e. The first kappa shape index (κ1) is 31.8. The van der Waals surface area contributed by atoms with Crippen LogP contribution in [0.4, 0.5) is 5.69 Å². The predicted molar refractivity (Wildman–Crippen MR) is 192 cm³/mol. The van der Waals surface area contributed by atoms with Crippen LogP contribution in [0.5, 0.6) is 5.75 Å². The Hall–Kier alpha value is -1.17. The standard InChI is InChI=1S/C33H38I2N2OS2/c1-2-3-4-5-6-7-8-9-10-11-12-24-13-15-25(16-14-24)23-39-33-37-30-18-17-27(21-31(30)40-33)36-22-26-19-28(34)32(38)29(35)20-26/h13-22,38H,2-12,23H2,1H3. The minimum atomic E-state index is 0.328. The molecule has 7 heteroatoms. The molecule has 0 atom stereocenters. The maximum atomic E-state index is 9.98. The van der Waals surface area contributed by atoms with Gasteiger partial charge in [-0.2, -0.15) is 0 Å². The number of thiazole rings is 1. The van der Waals surface area contributed by atoms with Crippen LogP contribution in [-0.4, -0.2) is 16.3 Å². The number of nitrogens with zero attached hydrogens (tertiary/aromatic N) is 2. The van der Waals surface area contributed by atoms with Gasteiger partial charge in [-0.1, -0.05) is 101 Å². The van der Waals surface area contributed by atoms with Crippen LogP contribution in [0.3, 0.4) is 0 Å². The normalized spacial score (nSPS) is 11.7. The number of phenolic OH excluding ortho intramolecular Hbond substituents is 1. The molecule has 0 radical (unpaired) electrons. The van der Waals surface area contributed by atoms with E-state index >= 15 is 0 Å². The fraction of sp³-hybridized carbons (Fsp3) is 0.394. The molecule has 4 aromatic rings. The molecule has 0 spiro atoms. The van der Waals surface area contributed by atoms with Crippen LogP contribution in [-0.2, 0) is 12.2 Å². The van der Waals surface area contributed by atoms with Gasteiger partial charge in [0.05, 0.1) is 23.0 Å². The summed E-state index contributed by atoms with van der Waals surface area (Å²) >= 11 is 7.82. The van der Waals surface area contributed by atoms with Gasteiger partial charge >= 0.3 is 0 Å². The minimum absolute atomic E-state index is 0.328. The van der Waals surface area contributed by atoms with Gasteiger partial charge in [0.15, 0.2) is 4.34 Å². The van der Waals surface area contributed by atoms with Crippen molar-refractivity contribution in [1.29, 1.82) is 0 Å². The first-order valence-corrected chi connectivity index (χ1v) is 18.3. The lowest BCUT2D eigenvalue weighted by Crippen LogP contribution is -1.88. The third-order valence-corrected chi connectivity index (χ3v) is 10.8. The Balaban J connectivity index is 1.20. The van der Waals surface area contributed by atoms with E-state index < -0.39 is 0 Å². The van der Waals surface area contributed by atoms with Crippen molar-refractivity contribution >= 4 is 90.4 Å². The van der Waals surface area contributed by atoms with E-state index in [-0.39, 0.29) is 0 Å². The molecular formula is C33H38I2N2OS2. The van der Waals surface area contributed by atoms with Crippen LogP contribution in [0.15, 0.2) is 63.9 Å². The molecule has 1 heterocycles. The third-order valence-electron chi connectivity index (χ3n) is 6.96. The Labute approximate surface area is 275 Å². The molecule has 0 fully saturated rings. The summed E-state index contributed by atoms with van der Waals surface area (Å²) in [4.78, 5) is 9.49. The summed E-state index contributed by atoms with van der Waals surface area (Å²) in [7, 11) is 0. The molecular weight excluding hydrogens is 758 g/mol. The molecule has 1 aromatic heterocycles. The third kappa shape index (κ3) is 10.3. The number of rotatable bonds is 16. The Kier molecular flexibility index (Phi) is 13.6. The molecule has 0 aliphatic carbocycles. The van der Waals surface area contributed by atoms with E-state index in [9.17, 15) is 5.11 Å². The Morgan fingerprint density at radius 2 is 1.45 bits per heavy atom.